The van der Waals surface area contributed by atoms with E-state index in [4.69, 9.17) is 10.2 Å². The molecule has 0 saturated heterocycles. The smallest absolute Gasteiger partial charge is 0.406 e. The topological polar surface area (TPSA) is 85.2 Å². The van der Waals surface area contributed by atoms with Crippen molar-refractivity contribution in [3.05, 3.63) is 24.2 Å². The predicted molar refractivity (Wildman–Crippen MR) is 75.2 cm³/mol. The zero-order valence-corrected chi connectivity index (χ0v) is 12.7. The largest absolute Gasteiger partial charge is 0.467 e. The molecule has 22 heavy (non-hydrogen) atoms. The average Bonchev–Trinajstić information content (AvgIpc) is 3.05. The summed E-state index contributed by atoms with van der Waals surface area (Å²) in [6.07, 6.45) is -3.15. The van der Waals surface area contributed by atoms with Gasteiger partial charge >= 0.3 is 6.18 Å². The fourth-order valence-electron chi connectivity index (χ4n) is 1.53. The molecule has 6 nitrogen and oxygen atoms in total. The van der Waals surface area contributed by atoms with Gasteiger partial charge in [-0.05, 0) is 12.1 Å². The molecule has 0 aromatic carbocycles. The highest BCUT2D eigenvalue weighted by atomic mass is 32.2. The fourth-order valence-corrected chi connectivity index (χ4v) is 3.07. The first-order valence-corrected chi connectivity index (χ1v) is 7.72. The summed E-state index contributed by atoms with van der Waals surface area (Å²) in [4.78, 5) is 12.7. The first-order valence-electron chi connectivity index (χ1n) is 5.92. The molecule has 2 heterocycles. The molecule has 0 spiro atoms. The maximum Gasteiger partial charge on any atom is 0.406 e. The maximum atomic E-state index is 12.6. The lowest BCUT2D eigenvalue weighted by Crippen LogP contribution is -2.39. The minimum absolute atomic E-state index is 0.189. The highest BCUT2D eigenvalue weighted by Crippen LogP contribution is 2.25. The molecule has 2 aromatic heterocycles. The number of carbonyl (C=O) groups excluding carboxylic acids is 1. The number of thioether (sulfide) groups is 1. The lowest BCUT2D eigenvalue weighted by Gasteiger charge is -2.22. The Bertz CT molecular complexity index is 615. The third-order valence-electron chi connectivity index (χ3n) is 2.39. The van der Waals surface area contributed by atoms with E-state index in [0.29, 0.717) is 9.24 Å². The van der Waals surface area contributed by atoms with Gasteiger partial charge in [0.25, 0.3) is 0 Å². The number of halogens is 3. The van der Waals surface area contributed by atoms with Crippen molar-refractivity contribution < 1.29 is 22.4 Å². The Morgan fingerprint density at radius 1 is 1.45 bits per heavy atom. The summed E-state index contributed by atoms with van der Waals surface area (Å²) < 4.78 is 43.2. The molecule has 0 atom stereocenters. The van der Waals surface area contributed by atoms with E-state index >= 15 is 0 Å². The van der Waals surface area contributed by atoms with Crippen LogP contribution >= 0.6 is 23.1 Å². The van der Waals surface area contributed by atoms with Gasteiger partial charge in [-0.15, -0.1) is 10.2 Å². The van der Waals surface area contributed by atoms with Crippen LogP contribution in [0.5, 0.6) is 0 Å². The van der Waals surface area contributed by atoms with Gasteiger partial charge in [-0.25, -0.2) is 0 Å². The minimum Gasteiger partial charge on any atom is -0.467 e. The van der Waals surface area contributed by atoms with Crippen LogP contribution in [-0.4, -0.2) is 39.5 Å². The van der Waals surface area contributed by atoms with E-state index in [1.165, 1.54) is 12.3 Å². The van der Waals surface area contributed by atoms with E-state index in [0.717, 1.165) is 23.1 Å². The van der Waals surface area contributed by atoms with Crippen LogP contribution in [0.3, 0.4) is 0 Å². The van der Waals surface area contributed by atoms with Crippen LogP contribution in [0, 0.1) is 0 Å². The lowest BCUT2D eigenvalue weighted by molar-refractivity contribution is -0.161. The second kappa shape index (κ2) is 7.01. The van der Waals surface area contributed by atoms with Gasteiger partial charge in [0.05, 0.1) is 18.6 Å². The van der Waals surface area contributed by atoms with Crippen molar-refractivity contribution >= 4 is 34.1 Å². The molecule has 0 unspecified atom stereocenters. The van der Waals surface area contributed by atoms with Crippen molar-refractivity contribution in [3.8, 4) is 0 Å². The fraction of sp³-hybridized carbons (Fsp3) is 0.364. The number of hydrogen-bond donors (Lipinski definition) is 1. The molecule has 0 aliphatic rings. The molecule has 0 saturated carbocycles. The summed E-state index contributed by atoms with van der Waals surface area (Å²) in [7, 11) is 0. The molecular formula is C11H11F3N4O2S2. The summed E-state index contributed by atoms with van der Waals surface area (Å²) in [5, 5.41) is 7.49. The van der Waals surface area contributed by atoms with Gasteiger partial charge in [0.1, 0.15) is 12.3 Å². The second-order valence-electron chi connectivity index (χ2n) is 4.14. The van der Waals surface area contributed by atoms with Crippen LogP contribution in [0.1, 0.15) is 5.76 Å². The zero-order chi connectivity index (χ0) is 16.2. The minimum atomic E-state index is -4.49. The molecule has 0 aliphatic carbocycles. The number of furan rings is 1. The number of aromatic nitrogens is 2. The average molecular weight is 352 g/mol. The zero-order valence-electron chi connectivity index (χ0n) is 11.0. The maximum absolute atomic E-state index is 12.6. The number of nitrogens with two attached hydrogens (primary N) is 1. The van der Waals surface area contributed by atoms with E-state index < -0.39 is 18.6 Å². The highest BCUT2D eigenvalue weighted by molar-refractivity contribution is 8.01. The number of nitrogen functional groups attached to an aromatic ring is 1. The molecule has 0 aliphatic heterocycles. The Kier molecular flexibility index (Phi) is 5.29. The third-order valence-corrected chi connectivity index (χ3v) is 4.26. The van der Waals surface area contributed by atoms with Crippen LogP contribution in [-0.2, 0) is 11.3 Å². The predicted octanol–water partition coefficient (Wildman–Crippen LogP) is 2.40. The highest BCUT2D eigenvalue weighted by Gasteiger charge is 2.33. The third kappa shape index (κ3) is 5.22. The second-order valence-corrected chi connectivity index (χ2v) is 6.37. The molecule has 0 radical (unpaired) electrons. The first-order chi connectivity index (χ1) is 10.3. The number of hydrogen-bond acceptors (Lipinski definition) is 7. The van der Waals surface area contributed by atoms with E-state index in [2.05, 4.69) is 10.2 Å². The number of alkyl halides is 3. The molecule has 2 N–H and O–H groups in total. The van der Waals surface area contributed by atoms with Crippen LogP contribution in [0.2, 0.25) is 0 Å². The molecule has 11 heteroatoms. The number of carbonyl (C=O) groups is 1. The Hall–Kier alpha value is -1.75. The van der Waals surface area contributed by atoms with Gasteiger partial charge < -0.3 is 15.1 Å². The molecule has 2 rings (SSSR count). The van der Waals surface area contributed by atoms with Gasteiger partial charge in [0, 0.05) is 0 Å². The van der Waals surface area contributed by atoms with Gasteiger partial charge in [-0.3, -0.25) is 4.79 Å². The van der Waals surface area contributed by atoms with Crippen molar-refractivity contribution in [1.82, 2.24) is 15.1 Å². The molecule has 1 amide bonds. The number of rotatable bonds is 6. The number of amides is 1. The lowest BCUT2D eigenvalue weighted by atomic mass is 10.3. The monoisotopic (exact) mass is 352 g/mol. The molecule has 120 valence electrons. The van der Waals surface area contributed by atoms with E-state index in [1.807, 2.05) is 0 Å². The normalized spacial score (nSPS) is 11.6. The number of nitrogens with zero attached hydrogens (tertiary/aromatic N) is 3. The van der Waals surface area contributed by atoms with E-state index in [-0.39, 0.29) is 23.2 Å². The standard InChI is InChI=1S/C11H11F3N4O2S2/c12-11(13,14)6-18(4-7-2-1-3-20-7)8(19)5-21-10-17-16-9(15)22-10/h1-3H,4-6H2,(H2,15,16). The number of anilines is 1. The first kappa shape index (κ1) is 16.6. The summed E-state index contributed by atoms with van der Waals surface area (Å²) in [6, 6.07) is 3.06. The summed E-state index contributed by atoms with van der Waals surface area (Å²) >= 11 is 2.06. The van der Waals surface area contributed by atoms with Gasteiger partial charge in [0.15, 0.2) is 4.34 Å². The van der Waals surface area contributed by atoms with Crippen LogP contribution in [0.4, 0.5) is 18.3 Å². The van der Waals surface area contributed by atoms with Gasteiger partial charge in [-0.2, -0.15) is 13.2 Å². The van der Waals surface area contributed by atoms with E-state index in [1.54, 1.807) is 6.07 Å². The molecule has 0 fully saturated rings. The van der Waals surface area contributed by atoms with E-state index in [9.17, 15) is 18.0 Å². The molecule has 0 bridgehead atoms. The quantitative estimate of drug-likeness (QED) is 0.804. The Labute approximate surface area is 131 Å². The summed E-state index contributed by atoms with van der Waals surface area (Å²) in [6.45, 7) is -1.59. The van der Waals surface area contributed by atoms with Gasteiger partial charge in [-0.1, -0.05) is 23.1 Å². The van der Waals surface area contributed by atoms with Crippen molar-refractivity contribution in [1.29, 1.82) is 0 Å². The SMILES string of the molecule is Nc1nnc(SCC(=O)N(Cc2ccco2)CC(F)(F)F)s1. The van der Waals surface area contributed by atoms with Crippen LogP contribution < -0.4 is 5.73 Å². The summed E-state index contributed by atoms with van der Waals surface area (Å²) in [5.74, 6) is -0.582. The van der Waals surface area contributed by atoms with Crippen molar-refractivity contribution in [2.45, 2.75) is 17.1 Å². The van der Waals surface area contributed by atoms with Crippen LogP contribution in [0.15, 0.2) is 27.2 Å². The Morgan fingerprint density at radius 3 is 2.77 bits per heavy atom. The summed E-state index contributed by atoms with van der Waals surface area (Å²) in [5.41, 5.74) is 5.39. The van der Waals surface area contributed by atoms with Crippen molar-refractivity contribution in [2.75, 3.05) is 18.0 Å². The molecular weight excluding hydrogens is 341 g/mol. The van der Waals surface area contributed by atoms with Crippen molar-refractivity contribution in [2.24, 2.45) is 0 Å². The van der Waals surface area contributed by atoms with Gasteiger partial charge in [0.2, 0.25) is 11.0 Å². The molecule has 2 aromatic rings. The van der Waals surface area contributed by atoms with Crippen molar-refractivity contribution in [3.63, 3.8) is 0 Å². The Balaban J connectivity index is 1.98. The van der Waals surface area contributed by atoms with Crippen LogP contribution in [0.25, 0.3) is 0 Å². The Morgan fingerprint density at radius 2 is 2.23 bits per heavy atom.